The first-order valence-corrected chi connectivity index (χ1v) is 12.1. The largest absolute Gasteiger partial charge is 0.274 e. The highest BCUT2D eigenvalue weighted by molar-refractivity contribution is 5.91. The monoisotopic (exact) mass is 398 g/mol. The van der Waals surface area contributed by atoms with Crippen LogP contribution in [0.1, 0.15) is 114 Å². The van der Waals surface area contributed by atoms with Gasteiger partial charge in [-0.05, 0) is 31.4 Å². The fourth-order valence-corrected chi connectivity index (χ4v) is 4.17. The molecule has 0 radical (unpaired) electrons. The highest BCUT2D eigenvalue weighted by Gasteiger charge is 2.13. The molecule has 0 saturated heterocycles. The van der Waals surface area contributed by atoms with Crippen LogP contribution in [0.25, 0.3) is 11.0 Å². The van der Waals surface area contributed by atoms with Crippen LogP contribution in [-0.4, -0.2) is 15.5 Å². The van der Waals surface area contributed by atoms with Crippen molar-refractivity contribution in [3.63, 3.8) is 0 Å². The molecular formula is C26H42N2O. The van der Waals surface area contributed by atoms with E-state index < -0.39 is 0 Å². The Bertz CT molecular complexity index is 717. The summed E-state index contributed by atoms with van der Waals surface area (Å²) >= 11 is 0. The molecule has 29 heavy (non-hydrogen) atoms. The molecule has 1 aromatic carbocycles. The van der Waals surface area contributed by atoms with E-state index in [0.29, 0.717) is 6.42 Å². The molecule has 3 heteroatoms. The Morgan fingerprint density at radius 3 is 1.93 bits per heavy atom. The lowest BCUT2D eigenvalue weighted by Crippen LogP contribution is -2.11. The Labute approximate surface area is 178 Å². The third kappa shape index (κ3) is 8.72. The number of hydrogen-bond acceptors (Lipinski definition) is 2. The Morgan fingerprint density at radius 1 is 0.828 bits per heavy atom. The molecule has 0 atom stereocenters. The predicted octanol–water partition coefficient (Wildman–Crippen LogP) is 8.10. The van der Waals surface area contributed by atoms with Gasteiger partial charge in [0.15, 0.2) is 0 Å². The number of carbonyl (C=O) groups is 1. The first-order chi connectivity index (χ1) is 14.1. The summed E-state index contributed by atoms with van der Waals surface area (Å²) in [5.74, 6) is 1.85. The Balaban J connectivity index is 1.45. The molecule has 0 amide bonds. The highest BCUT2D eigenvalue weighted by Crippen LogP contribution is 2.18. The van der Waals surface area contributed by atoms with Crippen molar-refractivity contribution in [2.45, 2.75) is 111 Å². The van der Waals surface area contributed by atoms with Crippen molar-refractivity contribution in [1.82, 2.24) is 9.55 Å². The summed E-state index contributed by atoms with van der Waals surface area (Å²) in [6.07, 6.45) is 18.0. The summed E-state index contributed by atoms with van der Waals surface area (Å²) < 4.78 is 1.79. The molecule has 0 saturated carbocycles. The molecule has 0 fully saturated rings. The Morgan fingerprint density at radius 2 is 1.34 bits per heavy atom. The number of carbonyl (C=O) groups excluding carboxylic acids is 1. The molecule has 0 aliphatic heterocycles. The molecular weight excluding hydrogens is 356 g/mol. The van der Waals surface area contributed by atoms with Gasteiger partial charge in [-0.25, -0.2) is 4.98 Å². The van der Waals surface area contributed by atoms with Gasteiger partial charge in [0.2, 0.25) is 5.91 Å². The van der Waals surface area contributed by atoms with Gasteiger partial charge < -0.3 is 0 Å². The van der Waals surface area contributed by atoms with Crippen LogP contribution in [-0.2, 0) is 0 Å². The van der Waals surface area contributed by atoms with E-state index in [1.54, 1.807) is 4.57 Å². The lowest BCUT2D eigenvalue weighted by atomic mass is 10.0. The molecule has 2 aromatic rings. The molecule has 0 N–H and O–H groups in total. The SMILES string of the molecule is Cc1nc2ccccc2n1C(=O)CCCCCCCCCCCCCCC(C)C. The van der Waals surface area contributed by atoms with Gasteiger partial charge in [0, 0.05) is 6.42 Å². The molecule has 3 nitrogen and oxygen atoms in total. The van der Waals surface area contributed by atoms with Crippen LogP contribution in [0.5, 0.6) is 0 Å². The minimum Gasteiger partial charge on any atom is -0.274 e. The fraction of sp³-hybridized carbons (Fsp3) is 0.692. The van der Waals surface area contributed by atoms with Crippen molar-refractivity contribution >= 4 is 16.9 Å². The second kappa shape index (κ2) is 13.6. The van der Waals surface area contributed by atoms with Crippen LogP contribution in [0, 0.1) is 12.8 Å². The van der Waals surface area contributed by atoms with E-state index in [2.05, 4.69) is 18.8 Å². The van der Waals surface area contributed by atoms with E-state index in [1.807, 2.05) is 31.2 Å². The molecule has 1 aromatic heterocycles. The van der Waals surface area contributed by atoms with Gasteiger partial charge in [0.1, 0.15) is 5.82 Å². The lowest BCUT2D eigenvalue weighted by Gasteiger charge is -2.06. The summed E-state index contributed by atoms with van der Waals surface area (Å²) in [5.41, 5.74) is 1.85. The molecule has 1 heterocycles. The quantitative estimate of drug-likeness (QED) is 0.284. The van der Waals surface area contributed by atoms with Crippen LogP contribution in [0.15, 0.2) is 24.3 Å². The fourth-order valence-electron chi connectivity index (χ4n) is 4.17. The van der Waals surface area contributed by atoms with Gasteiger partial charge in [0.25, 0.3) is 0 Å². The lowest BCUT2D eigenvalue weighted by molar-refractivity contribution is 0.0901. The summed E-state index contributed by atoms with van der Waals surface area (Å²) in [4.78, 5) is 17.1. The van der Waals surface area contributed by atoms with Gasteiger partial charge in [-0.1, -0.05) is 103 Å². The van der Waals surface area contributed by atoms with E-state index in [-0.39, 0.29) is 5.91 Å². The topological polar surface area (TPSA) is 34.9 Å². The number of imidazole rings is 1. The van der Waals surface area contributed by atoms with Crippen molar-refractivity contribution in [2.24, 2.45) is 5.92 Å². The smallest absolute Gasteiger partial charge is 0.232 e. The minimum atomic E-state index is 0.185. The maximum atomic E-state index is 12.6. The molecule has 2 rings (SSSR count). The number of fused-ring (bicyclic) bond motifs is 1. The average Bonchev–Trinajstić information content (AvgIpc) is 3.03. The van der Waals surface area contributed by atoms with E-state index in [0.717, 1.165) is 35.6 Å². The van der Waals surface area contributed by atoms with E-state index in [9.17, 15) is 4.79 Å². The number of benzene rings is 1. The number of unbranched alkanes of at least 4 members (excludes halogenated alkanes) is 11. The predicted molar refractivity (Wildman–Crippen MR) is 125 cm³/mol. The molecule has 0 unspecified atom stereocenters. The summed E-state index contributed by atoms with van der Waals surface area (Å²) in [6.45, 7) is 6.56. The van der Waals surface area contributed by atoms with Gasteiger partial charge in [-0.2, -0.15) is 0 Å². The number of para-hydroxylation sites is 2. The minimum absolute atomic E-state index is 0.185. The van der Waals surface area contributed by atoms with Gasteiger partial charge in [-0.3, -0.25) is 9.36 Å². The van der Waals surface area contributed by atoms with Crippen LogP contribution in [0.4, 0.5) is 0 Å². The maximum Gasteiger partial charge on any atom is 0.232 e. The van der Waals surface area contributed by atoms with Crippen molar-refractivity contribution in [2.75, 3.05) is 0 Å². The first-order valence-electron chi connectivity index (χ1n) is 12.1. The average molecular weight is 399 g/mol. The Kier molecular flexibility index (Phi) is 11.1. The zero-order valence-electron chi connectivity index (χ0n) is 19.1. The highest BCUT2D eigenvalue weighted by atomic mass is 16.2. The summed E-state index contributed by atoms with van der Waals surface area (Å²) in [5, 5.41) is 0. The molecule has 0 aliphatic carbocycles. The van der Waals surface area contributed by atoms with Crippen LogP contribution in [0.3, 0.4) is 0 Å². The van der Waals surface area contributed by atoms with Crippen LogP contribution >= 0.6 is 0 Å². The molecule has 0 aliphatic rings. The van der Waals surface area contributed by atoms with Crippen molar-refractivity contribution in [3.05, 3.63) is 30.1 Å². The molecule has 0 spiro atoms. The first kappa shape index (κ1) is 23.6. The summed E-state index contributed by atoms with van der Waals surface area (Å²) in [7, 11) is 0. The third-order valence-electron chi connectivity index (χ3n) is 5.90. The number of aryl methyl sites for hydroxylation is 1. The second-order valence-corrected chi connectivity index (χ2v) is 9.05. The van der Waals surface area contributed by atoms with Gasteiger partial charge in [-0.15, -0.1) is 0 Å². The second-order valence-electron chi connectivity index (χ2n) is 9.05. The van der Waals surface area contributed by atoms with Gasteiger partial charge in [0.05, 0.1) is 11.0 Å². The van der Waals surface area contributed by atoms with Gasteiger partial charge >= 0.3 is 0 Å². The number of aromatic nitrogens is 2. The number of hydrogen-bond donors (Lipinski definition) is 0. The van der Waals surface area contributed by atoms with E-state index in [1.165, 1.54) is 70.6 Å². The Hall–Kier alpha value is -1.64. The zero-order chi connectivity index (χ0) is 20.9. The third-order valence-corrected chi connectivity index (χ3v) is 5.90. The number of rotatable bonds is 15. The molecule has 162 valence electrons. The van der Waals surface area contributed by atoms with Crippen molar-refractivity contribution in [1.29, 1.82) is 0 Å². The van der Waals surface area contributed by atoms with Crippen LogP contribution in [0.2, 0.25) is 0 Å². The normalized spacial score (nSPS) is 11.6. The van der Waals surface area contributed by atoms with Crippen molar-refractivity contribution < 1.29 is 4.79 Å². The van der Waals surface area contributed by atoms with E-state index >= 15 is 0 Å². The summed E-state index contributed by atoms with van der Waals surface area (Å²) in [6, 6.07) is 7.90. The van der Waals surface area contributed by atoms with Crippen LogP contribution < -0.4 is 0 Å². The maximum absolute atomic E-state index is 12.6. The number of nitrogens with zero attached hydrogens (tertiary/aromatic N) is 2. The standard InChI is InChI=1S/C26H42N2O/c1-22(2)18-14-12-10-8-6-4-5-7-9-11-13-15-21-26(29)28-23(3)27-24-19-16-17-20-25(24)28/h16-17,19-20,22H,4-15,18,21H2,1-3H3. The van der Waals surface area contributed by atoms with Crippen molar-refractivity contribution in [3.8, 4) is 0 Å². The molecule has 0 bridgehead atoms. The zero-order valence-corrected chi connectivity index (χ0v) is 19.1. The van der Waals surface area contributed by atoms with E-state index in [4.69, 9.17) is 0 Å².